The molecule has 0 saturated heterocycles. The van der Waals surface area contributed by atoms with Gasteiger partial charge in [0.25, 0.3) is 0 Å². The first-order chi connectivity index (χ1) is 12.6. The molecule has 0 saturated carbocycles. The molecule has 0 heterocycles. The third-order valence-electron chi connectivity index (χ3n) is 3.49. The highest BCUT2D eigenvalue weighted by atomic mass is 16.5. The van der Waals surface area contributed by atoms with Gasteiger partial charge >= 0.3 is 6.09 Å². The van der Waals surface area contributed by atoms with E-state index in [-0.39, 0.29) is 25.5 Å². The number of ether oxygens (including phenoxy) is 3. The van der Waals surface area contributed by atoms with Crippen LogP contribution in [0.4, 0.5) is 4.79 Å². The molecule has 0 aromatic heterocycles. The third-order valence-corrected chi connectivity index (χ3v) is 3.49. The number of rotatable bonds is 9. The quantitative estimate of drug-likeness (QED) is 0.548. The predicted molar refractivity (Wildman–Crippen MR) is 97.7 cm³/mol. The van der Waals surface area contributed by atoms with E-state index in [1.54, 1.807) is 18.2 Å². The number of alkyl carbamates (subject to hydrolysis) is 1. The van der Waals surface area contributed by atoms with Crippen LogP contribution in [-0.2, 0) is 11.3 Å². The minimum atomic E-state index is -0.521. The fourth-order valence-corrected chi connectivity index (χ4v) is 2.26. The molecule has 0 fully saturated rings. The smallest absolute Gasteiger partial charge is 0.407 e. The van der Waals surface area contributed by atoms with Crippen molar-refractivity contribution >= 4 is 11.9 Å². The van der Waals surface area contributed by atoms with Gasteiger partial charge in [0.2, 0.25) is 0 Å². The molecule has 0 bridgehead atoms. The lowest BCUT2D eigenvalue weighted by atomic mass is 10.1. The van der Waals surface area contributed by atoms with E-state index in [1.807, 2.05) is 37.3 Å². The number of ketones is 1. The SMILES string of the molecule is CCOc1ccc(C(C)=O)c(OCCNC(=O)OCc2ccccc2)c1. The minimum Gasteiger partial charge on any atom is -0.494 e. The largest absolute Gasteiger partial charge is 0.494 e. The Morgan fingerprint density at radius 2 is 1.81 bits per heavy atom. The lowest BCUT2D eigenvalue weighted by Crippen LogP contribution is -2.28. The van der Waals surface area contributed by atoms with Gasteiger partial charge in [-0.2, -0.15) is 0 Å². The maximum atomic E-state index is 11.7. The fraction of sp³-hybridized carbons (Fsp3) is 0.300. The summed E-state index contributed by atoms with van der Waals surface area (Å²) in [5, 5.41) is 2.61. The van der Waals surface area contributed by atoms with E-state index in [0.29, 0.717) is 23.7 Å². The van der Waals surface area contributed by atoms with Crippen LogP contribution in [0.25, 0.3) is 0 Å². The van der Waals surface area contributed by atoms with Crippen molar-refractivity contribution in [2.75, 3.05) is 19.8 Å². The zero-order chi connectivity index (χ0) is 18.8. The van der Waals surface area contributed by atoms with E-state index in [2.05, 4.69) is 5.32 Å². The Labute approximate surface area is 153 Å². The first kappa shape index (κ1) is 19.3. The van der Waals surface area contributed by atoms with Crippen molar-refractivity contribution in [2.45, 2.75) is 20.5 Å². The van der Waals surface area contributed by atoms with Crippen molar-refractivity contribution in [1.82, 2.24) is 5.32 Å². The molecule has 0 aliphatic heterocycles. The van der Waals surface area contributed by atoms with E-state index in [1.165, 1.54) is 6.92 Å². The monoisotopic (exact) mass is 357 g/mol. The highest BCUT2D eigenvalue weighted by molar-refractivity contribution is 5.97. The predicted octanol–water partition coefficient (Wildman–Crippen LogP) is 3.59. The normalized spacial score (nSPS) is 10.1. The first-order valence-electron chi connectivity index (χ1n) is 8.45. The molecular weight excluding hydrogens is 334 g/mol. The number of carbonyl (C=O) groups excluding carboxylic acids is 2. The number of amides is 1. The van der Waals surface area contributed by atoms with Gasteiger partial charge in [-0.05, 0) is 31.5 Å². The molecule has 0 spiro atoms. The van der Waals surface area contributed by atoms with Crippen LogP contribution in [0.2, 0.25) is 0 Å². The summed E-state index contributed by atoms with van der Waals surface area (Å²) in [6, 6.07) is 14.5. The molecule has 138 valence electrons. The lowest BCUT2D eigenvalue weighted by Gasteiger charge is -2.12. The molecule has 26 heavy (non-hydrogen) atoms. The maximum Gasteiger partial charge on any atom is 0.407 e. The average Bonchev–Trinajstić information content (AvgIpc) is 2.64. The summed E-state index contributed by atoms with van der Waals surface area (Å²) in [5.41, 5.74) is 1.39. The minimum absolute atomic E-state index is 0.0988. The van der Waals surface area contributed by atoms with Gasteiger partial charge < -0.3 is 19.5 Å². The molecule has 0 aliphatic carbocycles. The molecule has 1 N–H and O–H groups in total. The standard InChI is InChI=1S/C20H23NO5/c1-3-24-17-9-10-18(15(2)22)19(13-17)25-12-11-21-20(23)26-14-16-7-5-4-6-8-16/h4-10,13H,3,11-12,14H2,1-2H3,(H,21,23). The van der Waals surface area contributed by atoms with Crippen LogP contribution in [0.5, 0.6) is 11.5 Å². The molecule has 0 unspecified atom stereocenters. The second-order valence-electron chi connectivity index (χ2n) is 5.48. The van der Waals surface area contributed by atoms with Gasteiger partial charge in [0.1, 0.15) is 24.7 Å². The second kappa shape index (κ2) is 10.1. The van der Waals surface area contributed by atoms with Crippen LogP contribution in [0.15, 0.2) is 48.5 Å². The molecule has 6 heteroatoms. The molecule has 2 aromatic rings. The van der Waals surface area contributed by atoms with Gasteiger partial charge in [0.05, 0.1) is 18.7 Å². The number of nitrogens with one attached hydrogen (secondary N) is 1. The number of carbonyl (C=O) groups is 2. The lowest BCUT2D eigenvalue weighted by molar-refractivity contribution is 0.101. The molecule has 0 aliphatic rings. The summed E-state index contributed by atoms with van der Waals surface area (Å²) < 4.78 is 16.2. The highest BCUT2D eigenvalue weighted by Gasteiger charge is 2.10. The summed E-state index contributed by atoms with van der Waals surface area (Å²) in [6.45, 7) is 4.54. The van der Waals surface area contributed by atoms with E-state index in [0.717, 1.165) is 5.56 Å². The zero-order valence-corrected chi connectivity index (χ0v) is 15.0. The Balaban J connectivity index is 1.78. The topological polar surface area (TPSA) is 73.9 Å². The number of hydrogen-bond acceptors (Lipinski definition) is 5. The Kier molecular flexibility index (Phi) is 7.49. The molecule has 0 atom stereocenters. The molecule has 6 nitrogen and oxygen atoms in total. The summed E-state index contributed by atoms with van der Waals surface area (Å²) in [4.78, 5) is 23.4. The van der Waals surface area contributed by atoms with Crippen LogP contribution >= 0.6 is 0 Å². The van der Waals surface area contributed by atoms with Gasteiger partial charge in [0, 0.05) is 6.07 Å². The van der Waals surface area contributed by atoms with Crippen LogP contribution in [-0.4, -0.2) is 31.6 Å². The summed E-state index contributed by atoms with van der Waals surface area (Å²) in [7, 11) is 0. The van der Waals surface area contributed by atoms with Gasteiger partial charge in [-0.1, -0.05) is 30.3 Å². The Morgan fingerprint density at radius 3 is 2.50 bits per heavy atom. The van der Waals surface area contributed by atoms with Crippen LogP contribution in [0.1, 0.15) is 29.8 Å². The van der Waals surface area contributed by atoms with E-state index < -0.39 is 6.09 Å². The second-order valence-corrected chi connectivity index (χ2v) is 5.48. The molecule has 1 amide bonds. The van der Waals surface area contributed by atoms with Crippen molar-refractivity contribution < 1.29 is 23.8 Å². The van der Waals surface area contributed by atoms with Gasteiger partial charge in [-0.15, -0.1) is 0 Å². The number of Topliss-reactive ketones (excluding diaryl/α,β-unsaturated/α-hetero) is 1. The molecule has 2 rings (SSSR count). The number of benzene rings is 2. The Morgan fingerprint density at radius 1 is 1.04 bits per heavy atom. The Bertz CT molecular complexity index is 730. The summed E-state index contributed by atoms with van der Waals surface area (Å²) in [6.07, 6.45) is -0.521. The van der Waals surface area contributed by atoms with E-state index in [4.69, 9.17) is 14.2 Å². The summed E-state index contributed by atoms with van der Waals surface area (Å²) >= 11 is 0. The third kappa shape index (κ3) is 6.12. The van der Waals surface area contributed by atoms with Gasteiger partial charge in [0.15, 0.2) is 5.78 Å². The Hall–Kier alpha value is -3.02. The van der Waals surface area contributed by atoms with E-state index in [9.17, 15) is 9.59 Å². The van der Waals surface area contributed by atoms with Crippen molar-refractivity contribution in [3.8, 4) is 11.5 Å². The fourth-order valence-electron chi connectivity index (χ4n) is 2.26. The first-order valence-corrected chi connectivity index (χ1v) is 8.45. The molecular formula is C20H23NO5. The van der Waals surface area contributed by atoms with E-state index >= 15 is 0 Å². The van der Waals surface area contributed by atoms with Crippen molar-refractivity contribution in [3.63, 3.8) is 0 Å². The number of hydrogen-bond donors (Lipinski definition) is 1. The van der Waals surface area contributed by atoms with Crippen LogP contribution in [0.3, 0.4) is 0 Å². The highest BCUT2D eigenvalue weighted by Crippen LogP contribution is 2.25. The van der Waals surface area contributed by atoms with Crippen molar-refractivity contribution in [1.29, 1.82) is 0 Å². The van der Waals surface area contributed by atoms with Gasteiger partial charge in [-0.3, -0.25) is 4.79 Å². The average molecular weight is 357 g/mol. The van der Waals surface area contributed by atoms with Crippen LogP contribution < -0.4 is 14.8 Å². The van der Waals surface area contributed by atoms with Crippen LogP contribution in [0, 0.1) is 0 Å². The maximum absolute atomic E-state index is 11.7. The zero-order valence-electron chi connectivity index (χ0n) is 15.0. The molecule has 0 radical (unpaired) electrons. The summed E-state index contributed by atoms with van der Waals surface area (Å²) in [5.74, 6) is 0.962. The molecule has 2 aromatic carbocycles. The van der Waals surface area contributed by atoms with Gasteiger partial charge in [-0.25, -0.2) is 4.79 Å². The van der Waals surface area contributed by atoms with Crippen molar-refractivity contribution in [3.05, 3.63) is 59.7 Å². The van der Waals surface area contributed by atoms with Crippen molar-refractivity contribution in [2.24, 2.45) is 0 Å².